The molecule has 1 atom stereocenters. The number of carbonyl (C=O) groups excluding carboxylic acids is 3. The zero-order valence-corrected chi connectivity index (χ0v) is 19.1. The average molecular weight is 521 g/mol. The molecule has 3 aliphatic heterocycles. The number of rotatable bonds is 5. The lowest BCUT2D eigenvalue weighted by Gasteiger charge is -2.31. The van der Waals surface area contributed by atoms with E-state index in [4.69, 9.17) is 14.3 Å². The van der Waals surface area contributed by atoms with Gasteiger partial charge in [-0.25, -0.2) is 23.4 Å². The Labute approximate surface area is 204 Å². The van der Waals surface area contributed by atoms with Crippen LogP contribution in [0.15, 0.2) is 12.1 Å². The van der Waals surface area contributed by atoms with Crippen LogP contribution >= 0.6 is 0 Å². The van der Waals surface area contributed by atoms with Gasteiger partial charge in [-0.3, -0.25) is 14.5 Å². The van der Waals surface area contributed by atoms with Gasteiger partial charge in [0.1, 0.15) is 11.8 Å². The lowest BCUT2D eigenvalue weighted by Crippen LogP contribution is -2.48. The van der Waals surface area contributed by atoms with E-state index in [0.717, 1.165) is 17.0 Å². The number of carbonyl (C=O) groups is 3. The molecule has 11 nitrogen and oxygen atoms in total. The summed E-state index contributed by atoms with van der Waals surface area (Å²) in [6, 6.07) is 1.58. The molecule has 3 fully saturated rings. The Kier molecular flexibility index (Phi) is 7.98. The van der Waals surface area contributed by atoms with Gasteiger partial charge in [-0.1, -0.05) is 0 Å². The first-order chi connectivity index (χ1) is 17.2. The molecule has 0 aromatic heterocycles. The van der Waals surface area contributed by atoms with E-state index < -0.39 is 36.2 Å². The number of alkyl halides is 2. The second-order valence-electron chi connectivity index (χ2n) is 8.22. The molecule has 1 aromatic rings. The van der Waals surface area contributed by atoms with E-state index in [-0.39, 0.29) is 58.2 Å². The molecule has 3 heterocycles. The highest BCUT2D eigenvalue weighted by Gasteiger charge is 2.35. The summed E-state index contributed by atoms with van der Waals surface area (Å²) in [6.07, 6.45) is -5.12. The number of morpholine rings is 1. The third-order valence-corrected chi connectivity index (χ3v) is 5.88. The fraction of sp³-hybridized carbons (Fsp3) is 0.571. The van der Waals surface area contributed by atoms with Gasteiger partial charge in [0.25, 0.3) is 5.91 Å². The zero-order chi connectivity index (χ0) is 25.8. The number of nitrogens with zero attached hydrogens (tertiary/aromatic N) is 4. The van der Waals surface area contributed by atoms with E-state index in [1.165, 1.54) is 9.96 Å². The molecular weight excluding hydrogens is 494 g/mol. The van der Waals surface area contributed by atoms with E-state index in [0.29, 0.717) is 26.3 Å². The van der Waals surface area contributed by atoms with Crippen LogP contribution in [0.1, 0.15) is 1.43 Å². The van der Waals surface area contributed by atoms with Crippen molar-refractivity contribution in [2.75, 3.05) is 75.4 Å². The number of nitrogens with one attached hydrogen (secondary N) is 1. The Hall–Kier alpha value is -3.33. The molecule has 0 aliphatic carbocycles. The van der Waals surface area contributed by atoms with Crippen LogP contribution in [0.3, 0.4) is 0 Å². The first kappa shape index (κ1) is 25.8. The van der Waals surface area contributed by atoms with Gasteiger partial charge in [0, 0.05) is 39.7 Å². The molecular formula is C21H27F4N5O6. The molecule has 1 N–H and O–H groups in total. The molecule has 15 heteroatoms. The van der Waals surface area contributed by atoms with Gasteiger partial charge >= 0.3 is 18.5 Å². The third kappa shape index (κ3) is 5.73. The molecule has 0 saturated carbocycles. The van der Waals surface area contributed by atoms with Crippen LogP contribution < -0.4 is 15.1 Å². The van der Waals surface area contributed by atoms with Crippen LogP contribution in [0.5, 0.6) is 0 Å². The number of anilines is 2. The van der Waals surface area contributed by atoms with Crippen molar-refractivity contribution in [3.63, 3.8) is 0 Å². The summed E-state index contributed by atoms with van der Waals surface area (Å²) in [4.78, 5) is 45.3. The highest BCUT2D eigenvalue weighted by molar-refractivity contribution is 5.90. The average Bonchev–Trinajstić information content (AvgIpc) is 3.06. The lowest BCUT2D eigenvalue weighted by molar-refractivity contribution is -0.132. The van der Waals surface area contributed by atoms with Crippen molar-refractivity contribution in [3.8, 4) is 0 Å². The number of hydroxylamine groups is 2. The minimum atomic E-state index is -3.22. The molecule has 4 rings (SSSR count). The van der Waals surface area contributed by atoms with Crippen molar-refractivity contribution in [1.29, 1.82) is 0 Å². The Morgan fingerprint density at radius 2 is 1.75 bits per heavy atom. The zero-order valence-electron chi connectivity index (χ0n) is 19.1. The molecule has 0 unspecified atom stereocenters. The minimum absolute atomic E-state index is 0. The van der Waals surface area contributed by atoms with Crippen molar-refractivity contribution < 1.29 is 47.7 Å². The van der Waals surface area contributed by atoms with Gasteiger partial charge in [0.2, 0.25) is 0 Å². The monoisotopic (exact) mass is 521 g/mol. The first-order valence-electron chi connectivity index (χ1n) is 11.3. The van der Waals surface area contributed by atoms with Crippen LogP contribution in [-0.4, -0.2) is 106 Å². The van der Waals surface area contributed by atoms with Crippen LogP contribution in [0.25, 0.3) is 0 Å². The van der Waals surface area contributed by atoms with Crippen molar-refractivity contribution in [3.05, 3.63) is 23.8 Å². The van der Waals surface area contributed by atoms with E-state index in [2.05, 4.69) is 0 Å². The van der Waals surface area contributed by atoms with Gasteiger partial charge in [0.05, 0.1) is 45.1 Å². The predicted octanol–water partition coefficient (Wildman–Crippen LogP) is 1.42. The maximum atomic E-state index is 15.1. The smallest absolute Gasteiger partial charge is 0.414 e. The number of benzene rings is 1. The molecule has 1 aromatic carbocycles. The Morgan fingerprint density at radius 3 is 2.42 bits per heavy atom. The largest absolute Gasteiger partial charge is 0.442 e. The molecule has 3 saturated heterocycles. The van der Waals surface area contributed by atoms with Crippen LogP contribution in [0.4, 0.5) is 38.5 Å². The summed E-state index contributed by atoms with van der Waals surface area (Å²) in [5.74, 6) is -3.40. The first-order valence-corrected chi connectivity index (χ1v) is 11.3. The second-order valence-corrected chi connectivity index (χ2v) is 8.22. The maximum Gasteiger partial charge on any atom is 0.414 e. The number of hydrogen-bond donors (Lipinski definition) is 1. The van der Waals surface area contributed by atoms with E-state index >= 15 is 8.78 Å². The maximum absolute atomic E-state index is 15.1. The van der Waals surface area contributed by atoms with Gasteiger partial charge in [-0.15, -0.1) is 0 Å². The number of halogens is 4. The predicted molar refractivity (Wildman–Crippen MR) is 118 cm³/mol. The number of urea groups is 1. The molecule has 4 amide bonds. The van der Waals surface area contributed by atoms with E-state index in [1.54, 1.807) is 4.90 Å². The third-order valence-electron chi connectivity index (χ3n) is 5.88. The van der Waals surface area contributed by atoms with Gasteiger partial charge in [-0.2, -0.15) is 8.78 Å². The number of ether oxygens (including phenoxy) is 2. The summed E-state index contributed by atoms with van der Waals surface area (Å²) in [5.41, 5.74) is -0.465. The topological polar surface area (TPSA) is 104 Å². The Morgan fingerprint density at radius 1 is 1.06 bits per heavy atom. The van der Waals surface area contributed by atoms with Crippen LogP contribution in [0.2, 0.25) is 0 Å². The molecule has 0 bridgehead atoms. The summed E-state index contributed by atoms with van der Waals surface area (Å²) < 4.78 is 65.0. The minimum Gasteiger partial charge on any atom is -0.442 e. The van der Waals surface area contributed by atoms with Crippen LogP contribution in [0, 0.1) is 11.6 Å². The SMILES string of the molecule is O=C(NC[C@H]1CN(c2cc(F)c(N3CCON(C(=O)N4CCOCC4)CC3)c(F)c2)C(=O)O1)C(F)F.[HH]. The van der Waals surface area contributed by atoms with Gasteiger partial charge in [0.15, 0.2) is 11.6 Å². The van der Waals surface area contributed by atoms with Crippen molar-refractivity contribution in [2.45, 2.75) is 12.5 Å². The normalized spacial score (nSPS) is 21.0. The molecule has 3 aliphatic rings. The Bertz CT molecular complexity index is 979. The van der Waals surface area contributed by atoms with Crippen LogP contribution in [-0.2, 0) is 19.1 Å². The summed E-state index contributed by atoms with van der Waals surface area (Å²) in [6.45, 7) is 1.41. The quantitative estimate of drug-likeness (QED) is 0.585. The van der Waals surface area contributed by atoms with Gasteiger partial charge < -0.3 is 24.6 Å². The van der Waals surface area contributed by atoms with Crippen molar-refractivity contribution >= 4 is 29.4 Å². The summed E-state index contributed by atoms with van der Waals surface area (Å²) in [7, 11) is 0. The highest BCUT2D eigenvalue weighted by atomic mass is 19.3. The van der Waals surface area contributed by atoms with Crippen molar-refractivity contribution in [1.82, 2.24) is 15.3 Å². The molecule has 200 valence electrons. The Balaban J connectivity index is 0.00000380. The highest BCUT2D eigenvalue weighted by Crippen LogP contribution is 2.31. The second kappa shape index (κ2) is 11.2. The van der Waals surface area contributed by atoms with E-state index in [1.807, 2.05) is 5.32 Å². The lowest BCUT2D eigenvalue weighted by atomic mass is 10.2. The van der Waals surface area contributed by atoms with Crippen molar-refractivity contribution in [2.24, 2.45) is 0 Å². The molecule has 0 spiro atoms. The number of cyclic esters (lactones) is 1. The van der Waals surface area contributed by atoms with E-state index in [9.17, 15) is 23.2 Å². The number of amides is 4. The summed E-state index contributed by atoms with van der Waals surface area (Å²) >= 11 is 0. The fourth-order valence-electron chi connectivity index (χ4n) is 4.08. The standard InChI is InChI=1S/C21H25F4N5O6.H2/c22-15-9-13(29-12-14(36-21(29)33)11-26-19(31)18(24)25)10-16(23)17(15)27-1-2-30(35-8-5-27)20(32)28-3-6-34-7-4-28;/h9-10,14,18H,1-8,11-12H2,(H,26,31);1H/t14-;/m0./s1. The summed E-state index contributed by atoms with van der Waals surface area (Å²) in [5, 5.41) is 3.10. The number of hydrogen-bond acceptors (Lipinski definition) is 7. The molecule has 0 radical (unpaired) electrons. The van der Waals surface area contributed by atoms with Gasteiger partial charge in [-0.05, 0) is 0 Å². The molecule has 36 heavy (non-hydrogen) atoms. The fourth-order valence-corrected chi connectivity index (χ4v) is 4.08.